The molecule has 126 valence electrons. The Hall–Kier alpha value is -3.37. The normalized spacial score (nSPS) is 11.1. The quantitative estimate of drug-likeness (QED) is 0.494. The van der Waals surface area contributed by atoms with Crippen molar-refractivity contribution in [1.82, 2.24) is 0 Å². The zero-order valence-electron chi connectivity index (χ0n) is 11.7. The largest absolute Gasteiger partial charge is 0.416 e. The Kier molecular flexibility index (Phi) is 4.26. The maximum atomic E-state index is 12.8. The zero-order chi connectivity index (χ0) is 18.1. The van der Waals surface area contributed by atoms with Crippen molar-refractivity contribution in [2.24, 2.45) is 0 Å². The van der Waals surface area contributed by atoms with E-state index in [0.717, 1.165) is 0 Å². The number of halogens is 3. The molecule has 24 heavy (non-hydrogen) atoms. The number of rotatable bonds is 4. The summed E-state index contributed by atoms with van der Waals surface area (Å²) in [6, 6.07) is 6.31. The predicted octanol–water partition coefficient (Wildman–Crippen LogP) is 3.85. The first-order valence-corrected chi connectivity index (χ1v) is 6.27. The molecule has 0 aliphatic heterocycles. The molecule has 0 bridgehead atoms. The van der Waals surface area contributed by atoms with Gasteiger partial charge in [-0.15, -0.1) is 0 Å². The monoisotopic (exact) mass is 342 g/mol. The number of hydrogen-bond acceptors (Lipinski definition) is 6. The van der Waals surface area contributed by atoms with Crippen LogP contribution in [-0.2, 0) is 6.18 Å². The summed E-state index contributed by atoms with van der Waals surface area (Å²) in [5.74, 6) is 0. The topological polar surface area (TPSA) is 124 Å². The molecule has 2 aromatic carbocycles. The minimum atomic E-state index is -4.97. The van der Waals surface area contributed by atoms with Gasteiger partial charge in [0.25, 0.3) is 11.4 Å². The Balaban J connectivity index is 2.71. The number of anilines is 3. The fourth-order valence-electron chi connectivity index (χ4n) is 1.94. The summed E-state index contributed by atoms with van der Waals surface area (Å²) in [7, 11) is 0. The number of alkyl halides is 3. The van der Waals surface area contributed by atoms with E-state index in [4.69, 9.17) is 5.73 Å². The second-order valence-corrected chi connectivity index (χ2v) is 4.61. The second kappa shape index (κ2) is 6.02. The van der Waals surface area contributed by atoms with E-state index in [0.29, 0.717) is 0 Å². The predicted molar refractivity (Wildman–Crippen MR) is 78.9 cm³/mol. The lowest BCUT2D eigenvalue weighted by Gasteiger charge is -2.12. The molecular weight excluding hydrogens is 333 g/mol. The molecule has 0 radical (unpaired) electrons. The van der Waals surface area contributed by atoms with E-state index in [-0.39, 0.29) is 23.5 Å². The molecule has 0 saturated heterocycles. The van der Waals surface area contributed by atoms with Crippen LogP contribution in [0.4, 0.5) is 41.6 Å². The second-order valence-electron chi connectivity index (χ2n) is 4.61. The summed E-state index contributed by atoms with van der Waals surface area (Å²) in [6.45, 7) is 0. The average molecular weight is 342 g/mol. The molecule has 11 heteroatoms. The van der Waals surface area contributed by atoms with Crippen LogP contribution < -0.4 is 11.1 Å². The van der Waals surface area contributed by atoms with Crippen LogP contribution in [0.15, 0.2) is 36.4 Å². The third-order valence-corrected chi connectivity index (χ3v) is 3.04. The van der Waals surface area contributed by atoms with Crippen molar-refractivity contribution in [3.05, 3.63) is 62.2 Å². The van der Waals surface area contributed by atoms with Crippen LogP contribution in [0.25, 0.3) is 0 Å². The van der Waals surface area contributed by atoms with E-state index in [9.17, 15) is 33.4 Å². The van der Waals surface area contributed by atoms with Crippen molar-refractivity contribution in [1.29, 1.82) is 0 Å². The molecule has 0 aromatic heterocycles. The molecule has 3 N–H and O–H groups in total. The van der Waals surface area contributed by atoms with Crippen molar-refractivity contribution in [3.8, 4) is 0 Å². The van der Waals surface area contributed by atoms with Gasteiger partial charge in [-0.05, 0) is 12.1 Å². The summed E-state index contributed by atoms with van der Waals surface area (Å²) in [4.78, 5) is 19.9. The highest BCUT2D eigenvalue weighted by atomic mass is 19.4. The molecule has 0 spiro atoms. The molecule has 0 aliphatic rings. The molecule has 0 heterocycles. The van der Waals surface area contributed by atoms with Gasteiger partial charge in [-0.1, -0.05) is 12.1 Å². The number of nitrogens with zero attached hydrogens (tertiary/aromatic N) is 2. The van der Waals surface area contributed by atoms with Crippen molar-refractivity contribution in [2.45, 2.75) is 6.18 Å². The van der Waals surface area contributed by atoms with Gasteiger partial charge < -0.3 is 11.1 Å². The summed E-state index contributed by atoms with van der Waals surface area (Å²) >= 11 is 0. The molecule has 2 rings (SSSR count). The van der Waals surface area contributed by atoms with Crippen molar-refractivity contribution >= 4 is 28.4 Å². The SMILES string of the molecule is Nc1ccccc1Nc1c([N+](=O)[O-])cc(C(F)(F)F)cc1[N+](=O)[O-]. The van der Waals surface area contributed by atoms with Crippen LogP contribution in [0, 0.1) is 20.2 Å². The van der Waals surface area contributed by atoms with Crippen LogP contribution in [0.2, 0.25) is 0 Å². The highest BCUT2D eigenvalue weighted by Gasteiger charge is 2.37. The molecule has 0 atom stereocenters. The standard InChI is InChI=1S/C13H9F3N4O4/c14-13(15,16)7-5-10(19(21)22)12(11(6-7)20(23)24)18-9-4-2-1-3-8(9)17/h1-6,18H,17H2. The minimum absolute atomic E-state index is 0.0865. The van der Waals surface area contributed by atoms with Gasteiger partial charge in [0.1, 0.15) is 0 Å². The Labute approximate surface area is 132 Å². The first kappa shape index (κ1) is 17.0. The van der Waals surface area contributed by atoms with Crippen LogP contribution in [0.1, 0.15) is 5.56 Å². The minimum Gasteiger partial charge on any atom is -0.397 e. The van der Waals surface area contributed by atoms with Crippen LogP contribution in [0.3, 0.4) is 0 Å². The molecule has 0 fully saturated rings. The van der Waals surface area contributed by atoms with Crippen LogP contribution in [0.5, 0.6) is 0 Å². The maximum Gasteiger partial charge on any atom is 0.416 e. The van der Waals surface area contributed by atoms with Crippen molar-refractivity contribution in [2.75, 3.05) is 11.1 Å². The number of nitro benzene ring substituents is 2. The number of nitro groups is 2. The van der Waals surface area contributed by atoms with E-state index < -0.39 is 38.6 Å². The molecule has 0 amide bonds. The molecule has 0 saturated carbocycles. The van der Waals surface area contributed by atoms with E-state index >= 15 is 0 Å². The number of benzene rings is 2. The van der Waals surface area contributed by atoms with E-state index in [2.05, 4.69) is 5.32 Å². The summed E-state index contributed by atoms with van der Waals surface area (Å²) < 4.78 is 38.4. The zero-order valence-corrected chi connectivity index (χ0v) is 11.7. The van der Waals surface area contributed by atoms with Gasteiger partial charge in [-0.25, -0.2) is 0 Å². The molecule has 0 unspecified atom stereocenters. The molecular formula is C13H9F3N4O4. The lowest BCUT2D eigenvalue weighted by molar-refractivity contribution is -0.392. The number of nitrogens with two attached hydrogens (primary N) is 1. The van der Waals surface area contributed by atoms with Gasteiger partial charge in [0.05, 0.1) is 26.8 Å². The van der Waals surface area contributed by atoms with Gasteiger partial charge in [0.15, 0.2) is 5.69 Å². The third kappa shape index (κ3) is 3.34. The summed E-state index contributed by atoms with van der Waals surface area (Å²) in [5.41, 5.74) is 1.49. The number of nitrogens with one attached hydrogen (secondary N) is 1. The highest BCUT2D eigenvalue weighted by Crippen LogP contribution is 2.42. The Morgan fingerprint density at radius 2 is 1.50 bits per heavy atom. The first-order valence-electron chi connectivity index (χ1n) is 6.27. The van der Waals surface area contributed by atoms with Crippen LogP contribution in [-0.4, -0.2) is 9.85 Å². The van der Waals surface area contributed by atoms with E-state index in [1.807, 2.05) is 0 Å². The molecule has 8 nitrogen and oxygen atoms in total. The van der Waals surface area contributed by atoms with Gasteiger partial charge in [0.2, 0.25) is 0 Å². The maximum absolute atomic E-state index is 12.8. The third-order valence-electron chi connectivity index (χ3n) is 3.04. The fraction of sp³-hybridized carbons (Fsp3) is 0.0769. The Bertz CT molecular complexity index is 788. The van der Waals surface area contributed by atoms with Gasteiger partial charge in [-0.2, -0.15) is 13.2 Å². The van der Waals surface area contributed by atoms with Crippen molar-refractivity contribution in [3.63, 3.8) is 0 Å². The van der Waals surface area contributed by atoms with E-state index in [1.54, 1.807) is 6.07 Å². The number of hydrogen-bond donors (Lipinski definition) is 2. The molecule has 0 aliphatic carbocycles. The smallest absolute Gasteiger partial charge is 0.397 e. The van der Waals surface area contributed by atoms with Crippen molar-refractivity contribution < 1.29 is 23.0 Å². The molecule has 2 aromatic rings. The average Bonchev–Trinajstić information content (AvgIpc) is 2.47. The number of para-hydroxylation sites is 2. The fourth-order valence-corrected chi connectivity index (χ4v) is 1.94. The van der Waals surface area contributed by atoms with E-state index in [1.165, 1.54) is 18.2 Å². The Morgan fingerprint density at radius 3 is 1.92 bits per heavy atom. The Morgan fingerprint density at radius 1 is 1.00 bits per heavy atom. The van der Waals surface area contributed by atoms with Gasteiger partial charge in [-0.3, -0.25) is 20.2 Å². The van der Waals surface area contributed by atoms with Gasteiger partial charge >= 0.3 is 6.18 Å². The van der Waals surface area contributed by atoms with Crippen LogP contribution >= 0.6 is 0 Å². The van der Waals surface area contributed by atoms with Gasteiger partial charge in [0, 0.05) is 12.1 Å². The number of nitrogen functional groups attached to an aromatic ring is 1. The lowest BCUT2D eigenvalue weighted by Crippen LogP contribution is -2.09. The first-order chi connectivity index (χ1) is 11.1. The summed E-state index contributed by atoms with van der Waals surface area (Å²) in [5, 5.41) is 24.6. The lowest BCUT2D eigenvalue weighted by atomic mass is 10.1. The summed E-state index contributed by atoms with van der Waals surface area (Å²) in [6.07, 6.45) is -4.97. The highest BCUT2D eigenvalue weighted by molar-refractivity contribution is 5.83.